The summed E-state index contributed by atoms with van der Waals surface area (Å²) in [5, 5.41) is 0. The van der Waals surface area contributed by atoms with E-state index in [1.807, 2.05) is 47.0 Å². The van der Waals surface area contributed by atoms with Crippen LogP contribution in [0.1, 0.15) is 0 Å². The van der Waals surface area contributed by atoms with Gasteiger partial charge in [-0.15, -0.1) is 47.0 Å². The molecule has 28 heavy (non-hydrogen) atoms. The van der Waals surface area contributed by atoms with Crippen molar-refractivity contribution in [2.45, 2.75) is 19.6 Å². The van der Waals surface area contributed by atoms with Gasteiger partial charge in [-0.1, -0.05) is 6.07 Å². The summed E-state index contributed by atoms with van der Waals surface area (Å²) in [4.78, 5) is 5.33. The Bertz CT molecular complexity index is 568. The predicted molar refractivity (Wildman–Crippen MR) is 151 cm³/mol. The number of hydrogen-bond acceptors (Lipinski definition) is 8. The molecule has 156 valence electrons. The fourth-order valence-corrected chi connectivity index (χ4v) is 5.85. The van der Waals surface area contributed by atoms with Gasteiger partial charge in [-0.05, 0) is 65.5 Å². The zero-order valence-corrected chi connectivity index (χ0v) is 22.5. The molecule has 0 atom stereocenters. The fourth-order valence-electron chi connectivity index (χ4n) is 1.94. The van der Waals surface area contributed by atoms with Gasteiger partial charge in [-0.25, -0.2) is 0 Å². The smallest absolute Gasteiger partial charge is 0.00833 e. The zero-order chi connectivity index (χ0) is 20.5. The first kappa shape index (κ1) is 27.3. The number of thioether (sulfide) groups is 4. The van der Waals surface area contributed by atoms with Gasteiger partial charge in [0.2, 0.25) is 0 Å². The Morgan fingerprint density at radius 1 is 0.464 bits per heavy atom. The molecule has 2 aromatic carbocycles. The number of thiol groups is 4. The third-order valence-electron chi connectivity index (χ3n) is 3.07. The highest BCUT2D eigenvalue weighted by Gasteiger charge is 1.97. The zero-order valence-electron chi connectivity index (χ0n) is 15.7. The third kappa shape index (κ3) is 13.5. The first-order valence-electron chi connectivity index (χ1n) is 8.88. The second-order valence-corrected chi connectivity index (χ2v) is 11.7. The molecule has 0 aliphatic carbocycles. The van der Waals surface area contributed by atoms with Gasteiger partial charge in [0.25, 0.3) is 0 Å². The summed E-state index contributed by atoms with van der Waals surface area (Å²) in [7, 11) is 0. The molecule has 0 saturated carbocycles. The Kier molecular flexibility index (Phi) is 18.5. The van der Waals surface area contributed by atoms with Crippen LogP contribution in [0, 0.1) is 0 Å². The summed E-state index contributed by atoms with van der Waals surface area (Å²) in [5.41, 5.74) is 0. The van der Waals surface area contributed by atoms with E-state index in [4.69, 9.17) is 0 Å². The molecule has 0 aliphatic heterocycles. The molecule has 0 saturated heterocycles. The molecule has 0 aromatic heterocycles. The van der Waals surface area contributed by atoms with Crippen LogP contribution in [0.5, 0.6) is 0 Å². The minimum Gasteiger partial charge on any atom is -0.178 e. The van der Waals surface area contributed by atoms with E-state index < -0.39 is 0 Å². The molecule has 0 radical (unpaired) electrons. The van der Waals surface area contributed by atoms with Crippen molar-refractivity contribution in [1.82, 2.24) is 0 Å². The van der Waals surface area contributed by atoms with Crippen LogP contribution >= 0.6 is 97.6 Å². The normalized spacial score (nSPS) is 10.4. The van der Waals surface area contributed by atoms with Crippen LogP contribution in [0.15, 0.2) is 68.1 Å². The molecule has 2 rings (SSSR count). The predicted octanol–water partition coefficient (Wildman–Crippen LogP) is 7.46. The van der Waals surface area contributed by atoms with Gasteiger partial charge in [0.15, 0.2) is 0 Å². The minimum absolute atomic E-state index is 0.929. The number of hydrogen-bond donors (Lipinski definition) is 4. The van der Waals surface area contributed by atoms with Crippen molar-refractivity contribution in [1.29, 1.82) is 0 Å². The van der Waals surface area contributed by atoms with Crippen molar-refractivity contribution in [2.75, 3.05) is 46.0 Å². The first-order valence-corrected chi connectivity index (χ1v) is 15.4. The molecule has 8 heteroatoms. The SMILES string of the molecule is SCCSc1ccc(SCCS)cc1.SCCSc1cccc(SCCS)c1. The van der Waals surface area contributed by atoms with Crippen molar-refractivity contribution >= 4 is 97.6 Å². The summed E-state index contributed by atoms with van der Waals surface area (Å²) in [6, 6.07) is 17.4. The van der Waals surface area contributed by atoms with E-state index in [0.29, 0.717) is 0 Å². The molecule has 2 aromatic rings. The van der Waals surface area contributed by atoms with Crippen LogP contribution in [0.25, 0.3) is 0 Å². The van der Waals surface area contributed by atoms with E-state index in [1.54, 1.807) is 0 Å². The first-order chi connectivity index (χ1) is 13.7. The maximum atomic E-state index is 4.20. The number of benzene rings is 2. The van der Waals surface area contributed by atoms with Gasteiger partial charge >= 0.3 is 0 Å². The highest BCUT2D eigenvalue weighted by molar-refractivity contribution is 8.01. The lowest BCUT2D eigenvalue weighted by molar-refractivity contribution is 1.32. The van der Waals surface area contributed by atoms with Gasteiger partial charge in [0.05, 0.1) is 0 Å². The lowest BCUT2D eigenvalue weighted by Crippen LogP contribution is -1.82. The molecule has 0 nitrogen and oxygen atoms in total. The van der Waals surface area contributed by atoms with Crippen LogP contribution in [0.3, 0.4) is 0 Å². The Labute approximate surface area is 210 Å². The molecule has 0 spiro atoms. The second kappa shape index (κ2) is 19.0. The Morgan fingerprint density at radius 3 is 1.11 bits per heavy atom. The minimum atomic E-state index is 0.929. The quantitative estimate of drug-likeness (QED) is 0.168. The summed E-state index contributed by atoms with van der Waals surface area (Å²) in [5.74, 6) is 8.02. The lowest BCUT2D eigenvalue weighted by atomic mass is 10.4. The molecule has 0 aliphatic rings. The summed E-state index contributed by atoms with van der Waals surface area (Å²) in [6.45, 7) is 0. The lowest BCUT2D eigenvalue weighted by Gasteiger charge is -2.03. The van der Waals surface area contributed by atoms with E-state index in [9.17, 15) is 0 Å². The summed E-state index contributed by atoms with van der Waals surface area (Å²) >= 11 is 24.2. The molecular weight excluding hydrogens is 497 g/mol. The highest BCUT2D eigenvalue weighted by atomic mass is 32.2. The van der Waals surface area contributed by atoms with Crippen molar-refractivity contribution in [3.05, 3.63) is 48.5 Å². The standard InChI is InChI=1S/2C10H14S4/c11-5-7-13-9-1-2-10(4-3-9)14-8-6-12;11-4-6-13-9-2-1-3-10(8-9)14-7-5-12/h1-4,11-12H,5-8H2;1-3,8,11-12H,4-7H2. The molecule has 0 amide bonds. The summed E-state index contributed by atoms with van der Waals surface area (Å²) < 4.78 is 0. The summed E-state index contributed by atoms with van der Waals surface area (Å²) in [6.07, 6.45) is 0. The highest BCUT2D eigenvalue weighted by Crippen LogP contribution is 2.25. The molecular formula is C20H28S8. The van der Waals surface area contributed by atoms with E-state index in [2.05, 4.69) is 99.0 Å². The van der Waals surface area contributed by atoms with Gasteiger partial charge in [0.1, 0.15) is 0 Å². The van der Waals surface area contributed by atoms with Crippen LogP contribution in [0.4, 0.5) is 0 Å². The largest absolute Gasteiger partial charge is 0.178 e. The Morgan fingerprint density at radius 2 is 0.786 bits per heavy atom. The van der Waals surface area contributed by atoms with Crippen LogP contribution < -0.4 is 0 Å². The second-order valence-electron chi connectivity index (χ2n) is 5.23. The third-order valence-corrected chi connectivity index (χ3v) is 9.19. The van der Waals surface area contributed by atoms with Gasteiger partial charge in [-0.2, -0.15) is 50.5 Å². The molecule has 0 bridgehead atoms. The number of rotatable bonds is 12. The monoisotopic (exact) mass is 524 g/mol. The van der Waals surface area contributed by atoms with E-state index in [0.717, 1.165) is 46.0 Å². The van der Waals surface area contributed by atoms with Crippen molar-refractivity contribution in [3.8, 4) is 0 Å². The molecule has 0 fully saturated rings. The van der Waals surface area contributed by atoms with E-state index in [1.165, 1.54) is 19.6 Å². The van der Waals surface area contributed by atoms with Gasteiger partial charge in [0, 0.05) is 42.6 Å². The van der Waals surface area contributed by atoms with Gasteiger partial charge in [-0.3, -0.25) is 0 Å². The molecule has 0 heterocycles. The average Bonchev–Trinajstić information content (AvgIpc) is 2.75. The molecule has 0 unspecified atom stereocenters. The van der Waals surface area contributed by atoms with E-state index in [-0.39, 0.29) is 0 Å². The van der Waals surface area contributed by atoms with Crippen molar-refractivity contribution < 1.29 is 0 Å². The fraction of sp³-hybridized carbons (Fsp3) is 0.400. The van der Waals surface area contributed by atoms with Crippen LogP contribution in [-0.4, -0.2) is 46.0 Å². The maximum absolute atomic E-state index is 4.20. The van der Waals surface area contributed by atoms with Crippen molar-refractivity contribution in [2.24, 2.45) is 0 Å². The maximum Gasteiger partial charge on any atom is 0.00833 e. The van der Waals surface area contributed by atoms with E-state index >= 15 is 0 Å². The Balaban J connectivity index is 0.000000280. The van der Waals surface area contributed by atoms with Gasteiger partial charge < -0.3 is 0 Å². The topological polar surface area (TPSA) is 0 Å². The molecule has 0 N–H and O–H groups in total. The van der Waals surface area contributed by atoms with Crippen LogP contribution in [-0.2, 0) is 0 Å². The average molecular weight is 525 g/mol. The van der Waals surface area contributed by atoms with Crippen LogP contribution in [0.2, 0.25) is 0 Å². The Hall–Kier alpha value is 1.24. The van der Waals surface area contributed by atoms with Crippen molar-refractivity contribution in [3.63, 3.8) is 0 Å².